The average molecular weight is 399 g/mol. The number of anilines is 1. The zero-order valence-corrected chi connectivity index (χ0v) is 17.3. The van der Waals surface area contributed by atoms with Crippen molar-refractivity contribution in [1.82, 2.24) is 10.3 Å². The maximum atomic E-state index is 11.7. The van der Waals surface area contributed by atoms with Crippen molar-refractivity contribution in [3.05, 3.63) is 47.7 Å². The Morgan fingerprint density at radius 2 is 1.97 bits per heavy atom. The lowest BCUT2D eigenvalue weighted by Gasteiger charge is -2.36. The second kappa shape index (κ2) is 10.1. The molecule has 156 valence electrons. The summed E-state index contributed by atoms with van der Waals surface area (Å²) in [6, 6.07) is 10.0. The van der Waals surface area contributed by atoms with E-state index in [0.29, 0.717) is 24.8 Å². The zero-order valence-electron chi connectivity index (χ0n) is 17.3. The molecule has 1 aromatic carbocycles. The molecular formula is C22H29N3O4. The second-order valence-electron chi connectivity index (χ2n) is 6.92. The standard InChI is InChI=1S/C22H29N3O4/c1-4-29-20-13-16(5-7-19(20)27-2)15-25(18-9-11-23-12-10-18)21-8-6-17(14-24-21)22(26)28-3/h5-8,13-14,18,23H,4,9-12,15H2,1-3H3. The Hall–Kier alpha value is -2.80. The largest absolute Gasteiger partial charge is 0.493 e. The molecule has 0 bridgehead atoms. The molecule has 7 heteroatoms. The normalized spacial score (nSPS) is 14.3. The maximum absolute atomic E-state index is 11.7. The molecular weight excluding hydrogens is 370 g/mol. The van der Waals surface area contributed by atoms with Gasteiger partial charge in [0.15, 0.2) is 11.5 Å². The van der Waals surface area contributed by atoms with Crippen molar-refractivity contribution in [2.24, 2.45) is 0 Å². The second-order valence-corrected chi connectivity index (χ2v) is 6.92. The first-order chi connectivity index (χ1) is 14.2. The number of hydrogen-bond acceptors (Lipinski definition) is 7. The van der Waals surface area contributed by atoms with E-state index in [-0.39, 0.29) is 5.97 Å². The quantitative estimate of drug-likeness (QED) is 0.684. The topological polar surface area (TPSA) is 72.9 Å². The van der Waals surface area contributed by atoms with E-state index < -0.39 is 0 Å². The Morgan fingerprint density at radius 3 is 2.59 bits per heavy atom. The molecule has 0 amide bonds. The van der Waals surface area contributed by atoms with E-state index in [0.717, 1.165) is 48.8 Å². The first kappa shape index (κ1) is 20.9. The van der Waals surface area contributed by atoms with E-state index >= 15 is 0 Å². The van der Waals surface area contributed by atoms with E-state index in [4.69, 9.17) is 14.2 Å². The van der Waals surface area contributed by atoms with Gasteiger partial charge in [-0.15, -0.1) is 0 Å². The highest BCUT2D eigenvalue weighted by Crippen LogP contribution is 2.30. The third kappa shape index (κ3) is 5.17. The Labute approximate surface area is 172 Å². The van der Waals surface area contributed by atoms with E-state index in [9.17, 15) is 4.79 Å². The number of piperidine rings is 1. The van der Waals surface area contributed by atoms with E-state index in [2.05, 4.69) is 21.3 Å². The molecule has 1 aromatic heterocycles. The Bertz CT molecular complexity index is 804. The van der Waals surface area contributed by atoms with Crippen molar-refractivity contribution in [1.29, 1.82) is 0 Å². The number of esters is 1. The number of methoxy groups -OCH3 is 2. The minimum atomic E-state index is -0.381. The van der Waals surface area contributed by atoms with Crippen LogP contribution >= 0.6 is 0 Å². The molecule has 2 aromatic rings. The number of pyridine rings is 1. The number of aromatic nitrogens is 1. The van der Waals surface area contributed by atoms with Crippen LogP contribution < -0.4 is 19.7 Å². The number of ether oxygens (including phenoxy) is 3. The van der Waals surface area contributed by atoms with Gasteiger partial charge in [-0.3, -0.25) is 0 Å². The summed E-state index contributed by atoms with van der Waals surface area (Å²) < 4.78 is 15.9. The van der Waals surface area contributed by atoms with Gasteiger partial charge in [0.1, 0.15) is 5.82 Å². The molecule has 0 atom stereocenters. The summed E-state index contributed by atoms with van der Waals surface area (Å²) in [7, 11) is 3.02. The first-order valence-corrected chi connectivity index (χ1v) is 9.97. The van der Waals surface area contributed by atoms with Crippen molar-refractivity contribution in [2.75, 3.05) is 38.8 Å². The molecule has 0 aliphatic carbocycles. The van der Waals surface area contributed by atoms with Gasteiger partial charge >= 0.3 is 5.97 Å². The zero-order chi connectivity index (χ0) is 20.6. The lowest BCUT2D eigenvalue weighted by atomic mass is 10.0. The average Bonchev–Trinajstić information content (AvgIpc) is 2.78. The van der Waals surface area contributed by atoms with Crippen molar-refractivity contribution < 1.29 is 19.0 Å². The van der Waals surface area contributed by atoms with Gasteiger partial charge in [0, 0.05) is 18.8 Å². The van der Waals surface area contributed by atoms with Crippen LogP contribution in [0.1, 0.15) is 35.7 Å². The molecule has 1 aliphatic heterocycles. The van der Waals surface area contributed by atoms with Crippen LogP contribution in [0.25, 0.3) is 0 Å². The first-order valence-electron chi connectivity index (χ1n) is 9.97. The van der Waals surface area contributed by atoms with Gasteiger partial charge in [0.2, 0.25) is 0 Å². The Balaban J connectivity index is 1.88. The highest BCUT2D eigenvalue weighted by Gasteiger charge is 2.23. The summed E-state index contributed by atoms with van der Waals surface area (Å²) >= 11 is 0. The smallest absolute Gasteiger partial charge is 0.339 e. The minimum Gasteiger partial charge on any atom is -0.493 e. The third-order valence-electron chi connectivity index (χ3n) is 5.09. The van der Waals surface area contributed by atoms with Crippen LogP contribution in [0.3, 0.4) is 0 Å². The minimum absolute atomic E-state index is 0.366. The van der Waals surface area contributed by atoms with Gasteiger partial charge in [-0.2, -0.15) is 0 Å². The van der Waals surface area contributed by atoms with Gasteiger partial charge in [0.25, 0.3) is 0 Å². The molecule has 1 aliphatic rings. The fraction of sp³-hybridized carbons (Fsp3) is 0.455. The molecule has 1 fully saturated rings. The fourth-order valence-electron chi connectivity index (χ4n) is 3.59. The molecule has 0 radical (unpaired) electrons. The number of rotatable bonds is 8. The van der Waals surface area contributed by atoms with Crippen LogP contribution in [-0.4, -0.2) is 50.9 Å². The summed E-state index contributed by atoms with van der Waals surface area (Å²) in [5.74, 6) is 1.93. The van der Waals surface area contributed by atoms with Crippen molar-refractivity contribution in [2.45, 2.75) is 32.4 Å². The number of benzene rings is 1. The lowest BCUT2D eigenvalue weighted by Crippen LogP contribution is -2.43. The van der Waals surface area contributed by atoms with Crippen LogP contribution in [0, 0.1) is 0 Å². The van der Waals surface area contributed by atoms with Crippen molar-refractivity contribution in [3.8, 4) is 11.5 Å². The van der Waals surface area contributed by atoms with Gasteiger partial charge in [-0.05, 0) is 62.7 Å². The van der Waals surface area contributed by atoms with Crippen molar-refractivity contribution >= 4 is 11.8 Å². The molecule has 0 unspecified atom stereocenters. The van der Waals surface area contributed by atoms with Crippen molar-refractivity contribution in [3.63, 3.8) is 0 Å². The number of nitrogens with zero attached hydrogens (tertiary/aromatic N) is 2. The summed E-state index contributed by atoms with van der Waals surface area (Å²) in [6.07, 6.45) is 3.65. The molecule has 3 rings (SSSR count). The highest BCUT2D eigenvalue weighted by molar-refractivity contribution is 5.89. The maximum Gasteiger partial charge on any atom is 0.339 e. The monoisotopic (exact) mass is 399 g/mol. The number of nitrogens with one attached hydrogen (secondary N) is 1. The predicted molar refractivity (Wildman–Crippen MR) is 112 cm³/mol. The molecule has 1 saturated heterocycles. The summed E-state index contributed by atoms with van der Waals surface area (Å²) in [5.41, 5.74) is 1.57. The van der Waals surface area contributed by atoms with Crippen LogP contribution in [0.2, 0.25) is 0 Å². The number of carbonyl (C=O) groups excluding carboxylic acids is 1. The SMILES string of the molecule is CCOc1cc(CN(c2ccc(C(=O)OC)cn2)C2CCNCC2)ccc1OC. The molecule has 0 saturated carbocycles. The third-order valence-corrected chi connectivity index (χ3v) is 5.09. The van der Waals surface area contributed by atoms with Gasteiger partial charge in [0.05, 0.1) is 26.4 Å². The lowest BCUT2D eigenvalue weighted by molar-refractivity contribution is 0.0600. The Kier molecular flexibility index (Phi) is 7.30. The van der Waals surface area contributed by atoms with Crippen LogP contribution in [0.5, 0.6) is 11.5 Å². The fourth-order valence-corrected chi connectivity index (χ4v) is 3.59. The summed E-state index contributed by atoms with van der Waals surface area (Å²) in [5, 5.41) is 3.41. The predicted octanol–water partition coefficient (Wildman–Crippen LogP) is 3.03. The van der Waals surface area contributed by atoms with Crippen LogP contribution in [0.15, 0.2) is 36.5 Å². The highest BCUT2D eigenvalue weighted by atomic mass is 16.5. The van der Waals surface area contributed by atoms with Crippen LogP contribution in [0.4, 0.5) is 5.82 Å². The molecule has 0 spiro atoms. The van der Waals surface area contributed by atoms with Gasteiger partial charge < -0.3 is 24.4 Å². The Morgan fingerprint density at radius 1 is 1.17 bits per heavy atom. The van der Waals surface area contributed by atoms with E-state index in [1.165, 1.54) is 7.11 Å². The van der Waals surface area contributed by atoms with Crippen LogP contribution in [-0.2, 0) is 11.3 Å². The number of carbonyl (C=O) groups is 1. The van der Waals surface area contributed by atoms with Gasteiger partial charge in [-0.1, -0.05) is 6.07 Å². The molecule has 7 nitrogen and oxygen atoms in total. The molecule has 2 heterocycles. The summed E-state index contributed by atoms with van der Waals surface area (Å²) in [6.45, 7) is 5.19. The van der Waals surface area contributed by atoms with E-state index in [1.54, 1.807) is 19.4 Å². The van der Waals surface area contributed by atoms with E-state index in [1.807, 2.05) is 25.1 Å². The summed E-state index contributed by atoms with van der Waals surface area (Å²) in [4.78, 5) is 18.6. The number of hydrogen-bond donors (Lipinski definition) is 1. The molecule has 29 heavy (non-hydrogen) atoms. The molecule has 1 N–H and O–H groups in total. The van der Waals surface area contributed by atoms with Gasteiger partial charge in [-0.25, -0.2) is 9.78 Å².